The van der Waals surface area contributed by atoms with E-state index in [1.807, 2.05) is 0 Å². The van der Waals surface area contributed by atoms with E-state index in [0.29, 0.717) is 15.6 Å². The summed E-state index contributed by atoms with van der Waals surface area (Å²) in [6, 6.07) is 4.87. The highest BCUT2D eigenvalue weighted by Crippen LogP contribution is 2.29. The molecule has 1 aromatic rings. The van der Waals surface area contributed by atoms with Crippen molar-refractivity contribution in [3.8, 4) is 0 Å². The number of carbonyl (C=O) groups excluding carboxylic acids is 1. The Balaban J connectivity index is 1.93. The smallest absolute Gasteiger partial charge is 0.237 e. The predicted molar refractivity (Wildman–Crippen MR) is 75.5 cm³/mol. The van der Waals surface area contributed by atoms with Gasteiger partial charge < -0.3 is 15.7 Å². The van der Waals surface area contributed by atoms with Crippen LogP contribution in [0.5, 0.6) is 0 Å². The Morgan fingerprint density at radius 1 is 1.47 bits per heavy atom. The molecule has 0 spiro atoms. The van der Waals surface area contributed by atoms with Crippen molar-refractivity contribution in [3.05, 3.63) is 33.8 Å². The Morgan fingerprint density at radius 2 is 2.16 bits per heavy atom. The number of halogens is 2. The van der Waals surface area contributed by atoms with Crippen molar-refractivity contribution in [2.24, 2.45) is 0 Å². The van der Waals surface area contributed by atoms with Gasteiger partial charge in [-0.2, -0.15) is 0 Å². The van der Waals surface area contributed by atoms with Crippen LogP contribution in [0.4, 0.5) is 0 Å². The molecule has 6 heteroatoms. The third-order valence-corrected chi connectivity index (χ3v) is 3.84. The lowest BCUT2D eigenvalue weighted by atomic mass is 10.1. The maximum atomic E-state index is 11.8. The van der Waals surface area contributed by atoms with Crippen LogP contribution in [0.1, 0.15) is 24.5 Å². The van der Waals surface area contributed by atoms with E-state index in [1.165, 1.54) is 0 Å². The zero-order valence-corrected chi connectivity index (χ0v) is 11.8. The lowest BCUT2D eigenvalue weighted by Gasteiger charge is -2.17. The van der Waals surface area contributed by atoms with Crippen molar-refractivity contribution in [3.63, 3.8) is 0 Å². The number of aliphatic hydroxyl groups is 1. The van der Waals surface area contributed by atoms with Crippen molar-refractivity contribution in [2.75, 3.05) is 13.1 Å². The molecular formula is C13H16Cl2N2O2. The molecule has 1 heterocycles. The highest BCUT2D eigenvalue weighted by Gasteiger charge is 2.23. The molecule has 104 valence electrons. The Hall–Kier alpha value is -0.810. The maximum Gasteiger partial charge on any atom is 0.237 e. The Bertz CT molecular complexity index is 442. The van der Waals surface area contributed by atoms with Crippen molar-refractivity contribution in [1.29, 1.82) is 0 Å². The van der Waals surface area contributed by atoms with Crippen LogP contribution in [-0.4, -0.2) is 30.1 Å². The molecule has 3 N–H and O–H groups in total. The van der Waals surface area contributed by atoms with Gasteiger partial charge in [-0.25, -0.2) is 0 Å². The lowest BCUT2D eigenvalue weighted by molar-refractivity contribution is -0.123. The summed E-state index contributed by atoms with van der Waals surface area (Å²) in [7, 11) is 0. The first kappa shape index (κ1) is 14.6. The van der Waals surface area contributed by atoms with Crippen LogP contribution in [0.15, 0.2) is 18.2 Å². The number of nitrogens with one attached hydrogen (secondary N) is 2. The number of amides is 1. The molecule has 4 nitrogen and oxygen atoms in total. The summed E-state index contributed by atoms with van der Waals surface area (Å²) >= 11 is 12.0. The van der Waals surface area contributed by atoms with Gasteiger partial charge in [0.05, 0.1) is 12.1 Å². The molecule has 1 aromatic carbocycles. The third kappa shape index (κ3) is 3.60. The summed E-state index contributed by atoms with van der Waals surface area (Å²) in [6.45, 7) is 0.956. The van der Waals surface area contributed by atoms with Gasteiger partial charge in [0.15, 0.2) is 0 Å². The molecule has 0 aliphatic carbocycles. The molecular weight excluding hydrogens is 287 g/mol. The predicted octanol–water partition coefficient (Wildman–Crippen LogP) is 1.89. The summed E-state index contributed by atoms with van der Waals surface area (Å²) in [5.74, 6) is -0.0975. The number of hydrogen-bond donors (Lipinski definition) is 3. The first-order valence-corrected chi connectivity index (χ1v) is 6.98. The number of carbonyl (C=O) groups is 1. The molecule has 1 aliphatic heterocycles. The molecule has 0 saturated carbocycles. The normalized spacial score (nSPS) is 20.3. The summed E-state index contributed by atoms with van der Waals surface area (Å²) in [5, 5.41) is 16.7. The molecule has 1 fully saturated rings. The van der Waals surface area contributed by atoms with Crippen molar-refractivity contribution >= 4 is 29.1 Å². The topological polar surface area (TPSA) is 61.4 Å². The van der Waals surface area contributed by atoms with Crippen LogP contribution in [0.3, 0.4) is 0 Å². The molecule has 0 unspecified atom stereocenters. The van der Waals surface area contributed by atoms with E-state index >= 15 is 0 Å². The van der Waals surface area contributed by atoms with Gasteiger partial charge >= 0.3 is 0 Å². The van der Waals surface area contributed by atoms with E-state index in [2.05, 4.69) is 10.6 Å². The second-order valence-corrected chi connectivity index (χ2v) is 5.36. The van der Waals surface area contributed by atoms with E-state index < -0.39 is 6.10 Å². The fourth-order valence-corrected chi connectivity index (χ4v) is 2.81. The second kappa shape index (κ2) is 6.57. The van der Waals surface area contributed by atoms with Gasteiger partial charge in [-0.05, 0) is 31.5 Å². The van der Waals surface area contributed by atoms with Gasteiger partial charge in [-0.15, -0.1) is 0 Å². The van der Waals surface area contributed by atoms with Crippen molar-refractivity contribution in [2.45, 2.75) is 25.0 Å². The van der Waals surface area contributed by atoms with Gasteiger partial charge in [-0.3, -0.25) is 4.79 Å². The van der Waals surface area contributed by atoms with E-state index in [1.54, 1.807) is 18.2 Å². The highest BCUT2D eigenvalue weighted by atomic mass is 35.5. The van der Waals surface area contributed by atoms with Crippen LogP contribution in [0.25, 0.3) is 0 Å². The minimum atomic E-state index is -0.911. The lowest BCUT2D eigenvalue weighted by Crippen LogP contribution is -2.41. The van der Waals surface area contributed by atoms with E-state index in [9.17, 15) is 9.90 Å². The van der Waals surface area contributed by atoms with Gasteiger partial charge in [0.25, 0.3) is 0 Å². The number of benzene rings is 1. The van der Waals surface area contributed by atoms with Gasteiger partial charge in [-0.1, -0.05) is 29.3 Å². The number of hydrogen-bond acceptors (Lipinski definition) is 3. The average molecular weight is 303 g/mol. The third-order valence-electron chi connectivity index (χ3n) is 3.18. The molecule has 0 bridgehead atoms. The zero-order chi connectivity index (χ0) is 13.8. The Morgan fingerprint density at radius 3 is 2.74 bits per heavy atom. The highest BCUT2D eigenvalue weighted by molar-refractivity contribution is 6.36. The maximum absolute atomic E-state index is 11.8. The molecule has 1 aliphatic rings. The summed E-state index contributed by atoms with van der Waals surface area (Å²) in [4.78, 5) is 11.8. The molecule has 19 heavy (non-hydrogen) atoms. The number of rotatable bonds is 4. The molecule has 2 rings (SSSR count). The second-order valence-electron chi connectivity index (χ2n) is 4.55. The van der Waals surface area contributed by atoms with Crippen LogP contribution in [0, 0.1) is 0 Å². The fourth-order valence-electron chi connectivity index (χ4n) is 2.16. The fraction of sp³-hybridized carbons (Fsp3) is 0.462. The Labute approximate surface area is 122 Å². The van der Waals surface area contributed by atoms with Crippen LogP contribution in [-0.2, 0) is 4.79 Å². The quantitative estimate of drug-likeness (QED) is 0.796. The standard InChI is InChI=1S/C13H16Cl2N2O2/c14-8-3-1-4-9(15)12(8)11(18)7-17-13(19)10-5-2-6-16-10/h1,3-4,10-11,16,18H,2,5-7H2,(H,17,19)/t10-,11+/m0/s1. The zero-order valence-electron chi connectivity index (χ0n) is 10.3. The van der Waals surface area contributed by atoms with Crippen LogP contribution >= 0.6 is 23.2 Å². The minimum Gasteiger partial charge on any atom is -0.386 e. The van der Waals surface area contributed by atoms with Gasteiger partial charge in [0.1, 0.15) is 0 Å². The van der Waals surface area contributed by atoms with Crippen LogP contribution in [0.2, 0.25) is 10.0 Å². The molecule has 1 amide bonds. The van der Waals surface area contributed by atoms with Gasteiger partial charge in [0.2, 0.25) is 5.91 Å². The first-order chi connectivity index (χ1) is 9.09. The number of aliphatic hydroxyl groups excluding tert-OH is 1. The van der Waals surface area contributed by atoms with Crippen molar-refractivity contribution < 1.29 is 9.90 Å². The van der Waals surface area contributed by atoms with Crippen LogP contribution < -0.4 is 10.6 Å². The Kier molecular flexibility index (Phi) is 5.05. The first-order valence-electron chi connectivity index (χ1n) is 6.22. The summed E-state index contributed by atoms with van der Waals surface area (Å²) < 4.78 is 0. The SMILES string of the molecule is O=C(NC[C@@H](O)c1c(Cl)cccc1Cl)[C@@H]1CCCN1. The largest absolute Gasteiger partial charge is 0.386 e. The average Bonchev–Trinajstić information content (AvgIpc) is 2.89. The van der Waals surface area contributed by atoms with E-state index in [-0.39, 0.29) is 18.5 Å². The monoisotopic (exact) mass is 302 g/mol. The minimum absolute atomic E-state index is 0.0975. The van der Waals surface area contributed by atoms with E-state index in [4.69, 9.17) is 23.2 Å². The molecule has 1 saturated heterocycles. The van der Waals surface area contributed by atoms with Gasteiger partial charge in [0, 0.05) is 22.2 Å². The van der Waals surface area contributed by atoms with Crippen molar-refractivity contribution in [1.82, 2.24) is 10.6 Å². The molecule has 2 atom stereocenters. The molecule has 0 radical (unpaired) electrons. The summed E-state index contributed by atoms with van der Waals surface area (Å²) in [5.41, 5.74) is 0.450. The summed E-state index contributed by atoms with van der Waals surface area (Å²) in [6.07, 6.45) is 0.915. The molecule has 0 aromatic heterocycles. The van der Waals surface area contributed by atoms with E-state index in [0.717, 1.165) is 19.4 Å².